The second-order valence-corrected chi connectivity index (χ2v) is 8.32. The van der Waals surface area contributed by atoms with Gasteiger partial charge in [-0.05, 0) is 53.5 Å². The molecule has 0 fully saturated rings. The van der Waals surface area contributed by atoms with Gasteiger partial charge in [-0.1, -0.05) is 81.3 Å². The Labute approximate surface area is 193 Å². The van der Waals surface area contributed by atoms with Gasteiger partial charge in [0.15, 0.2) is 11.6 Å². The summed E-state index contributed by atoms with van der Waals surface area (Å²) in [6.07, 6.45) is 5.26. The van der Waals surface area contributed by atoms with E-state index >= 15 is 0 Å². The number of rotatable bonds is 9. The van der Waals surface area contributed by atoms with E-state index in [-0.39, 0.29) is 11.1 Å². The van der Waals surface area contributed by atoms with Crippen LogP contribution >= 0.6 is 0 Å². The van der Waals surface area contributed by atoms with E-state index in [1.807, 2.05) is 31.2 Å². The van der Waals surface area contributed by atoms with Crippen molar-refractivity contribution in [3.05, 3.63) is 88.5 Å². The number of halogens is 1. The fourth-order valence-corrected chi connectivity index (χ4v) is 3.87. The zero-order valence-electron chi connectivity index (χ0n) is 19.2. The van der Waals surface area contributed by atoms with Gasteiger partial charge in [-0.15, -0.1) is 0 Å². The summed E-state index contributed by atoms with van der Waals surface area (Å²) in [6.45, 7) is 4.65. The zero-order valence-corrected chi connectivity index (χ0v) is 19.2. The maximum absolute atomic E-state index is 14.8. The lowest BCUT2D eigenvalue weighted by molar-refractivity contribution is 0.295. The van der Waals surface area contributed by atoms with Crippen LogP contribution in [0.2, 0.25) is 0 Å². The number of unbranched alkanes of at least 4 members (excludes halogenated alkanes) is 2. The Kier molecular flexibility index (Phi) is 7.23. The highest BCUT2D eigenvalue weighted by Gasteiger charge is 2.15. The predicted molar refractivity (Wildman–Crippen MR) is 132 cm³/mol. The lowest BCUT2D eigenvalue weighted by Gasteiger charge is -2.09. The second-order valence-electron chi connectivity index (χ2n) is 8.32. The van der Waals surface area contributed by atoms with Crippen molar-refractivity contribution in [1.29, 1.82) is 0 Å². The van der Waals surface area contributed by atoms with Crippen molar-refractivity contribution < 1.29 is 13.5 Å². The molecule has 0 amide bonds. The third-order valence-corrected chi connectivity index (χ3v) is 5.86. The summed E-state index contributed by atoms with van der Waals surface area (Å²) < 4.78 is 25.8. The monoisotopic (exact) mass is 444 g/mol. The fourth-order valence-electron chi connectivity index (χ4n) is 3.87. The smallest absolute Gasteiger partial charge is 0.347 e. The number of hydrogen-bond donors (Lipinski definition) is 0. The van der Waals surface area contributed by atoms with Gasteiger partial charge in [0.25, 0.3) is 0 Å². The van der Waals surface area contributed by atoms with Gasteiger partial charge < -0.3 is 9.15 Å². The van der Waals surface area contributed by atoms with Gasteiger partial charge in [-0.2, -0.15) is 0 Å². The Bertz CT molecular complexity index is 1270. The normalized spacial score (nSPS) is 11.1. The molecule has 0 atom stereocenters. The van der Waals surface area contributed by atoms with Crippen molar-refractivity contribution in [3.63, 3.8) is 0 Å². The van der Waals surface area contributed by atoms with Crippen LogP contribution in [0.5, 0.6) is 5.75 Å². The minimum Gasteiger partial charge on any atom is -0.490 e. The second kappa shape index (κ2) is 10.5. The first kappa shape index (κ1) is 22.8. The molecular formula is C29H29FO3. The Morgan fingerprint density at radius 2 is 1.45 bits per heavy atom. The van der Waals surface area contributed by atoms with Gasteiger partial charge in [0.05, 0.1) is 6.61 Å². The molecule has 4 rings (SSSR count). The third kappa shape index (κ3) is 5.16. The van der Waals surface area contributed by atoms with Crippen LogP contribution in [0, 0.1) is 5.82 Å². The molecule has 3 aromatic carbocycles. The molecule has 4 aromatic rings. The molecule has 0 radical (unpaired) electrons. The van der Waals surface area contributed by atoms with E-state index in [1.54, 1.807) is 18.2 Å². The third-order valence-electron chi connectivity index (χ3n) is 5.86. The number of hydrogen-bond acceptors (Lipinski definition) is 3. The summed E-state index contributed by atoms with van der Waals surface area (Å²) in [7, 11) is 0. The van der Waals surface area contributed by atoms with Crippen molar-refractivity contribution >= 4 is 10.8 Å². The van der Waals surface area contributed by atoms with Crippen molar-refractivity contribution in [3.8, 4) is 28.2 Å². The van der Waals surface area contributed by atoms with Crippen molar-refractivity contribution in [1.82, 2.24) is 0 Å². The van der Waals surface area contributed by atoms with Crippen molar-refractivity contribution in [2.24, 2.45) is 0 Å². The summed E-state index contributed by atoms with van der Waals surface area (Å²) in [5.74, 6) is -0.171. The van der Waals surface area contributed by atoms with E-state index in [1.165, 1.54) is 18.4 Å². The molecule has 0 aliphatic rings. The lowest BCUT2D eigenvalue weighted by atomic mass is 10.00. The minimum atomic E-state index is -0.701. The van der Waals surface area contributed by atoms with Gasteiger partial charge >= 0.3 is 5.63 Å². The Morgan fingerprint density at radius 1 is 0.818 bits per heavy atom. The first-order chi connectivity index (χ1) is 16.1. The summed E-state index contributed by atoms with van der Waals surface area (Å²) in [4.78, 5) is 12.6. The molecule has 0 spiro atoms. The van der Waals surface area contributed by atoms with Crippen molar-refractivity contribution in [2.75, 3.05) is 6.61 Å². The molecule has 0 saturated heterocycles. The van der Waals surface area contributed by atoms with Crippen LogP contribution in [0.1, 0.15) is 45.1 Å². The molecule has 4 heteroatoms. The molecule has 170 valence electrons. The van der Waals surface area contributed by atoms with Crippen LogP contribution in [-0.4, -0.2) is 6.61 Å². The molecule has 0 N–H and O–H groups in total. The van der Waals surface area contributed by atoms with Gasteiger partial charge in [0, 0.05) is 5.56 Å². The van der Waals surface area contributed by atoms with Crippen LogP contribution in [-0.2, 0) is 6.42 Å². The van der Waals surface area contributed by atoms with Crippen LogP contribution in [0.3, 0.4) is 0 Å². The lowest BCUT2D eigenvalue weighted by Crippen LogP contribution is -2.06. The maximum atomic E-state index is 14.8. The van der Waals surface area contributed by atoms with E-state index in [9.17, 15) is 9.18 Å². The van der Waals surface area contributed by atoms with Gasteiger partial charge in [-0.25, -0.2) is 9.18 Å². The standard InChI is InChI=1S/C29H29FO3/c1-3-5-7-20-8-10-21(11-9-20)22-12-14-23(15-13-22)26-19-24-16-17-25(32-18-6-4-2)28(30)27(24)29(31)33-26/h8-17,19H,3-7,18H2,1-2H3. The van der Waals surface area contributed by atoms with E-state index in [2.05, 4.69) is 31.2 Å². The Hall–Kier alpha value is -3.40. The largest absolute Gasteiger partial charge is 0.490 e. The number of fused-ring (bicyclic) bond motifs is 1. The fraction of sp³-hybridized carbons (Fsp3) is 0.276. The summed E-state index contributed by atoms with van der Waals surface area (Å²) in [6, 6.07) is 21.5. The summed E-state index contributed by atoms with van der Waals surface area (Å²) in [5, 5.41) is 0.417. The quantitative estimate of drug-likeness (QED) is 0.247. The van der Waals surface area contributed by atoms with Gasteiger partial charge in [-0.3, -0.25) is 0 Å². The maximum Gasteiger partial charge on any atom is 0.347 e. The minimum absolute atomic E-state index is 0.0764. The first-order valence-electron chi connectivity index (χ1n) is 11.7. The van der Waals surface area contributed by atoms with Gasteiger partial charge in [0.2, 0.25) is 0 Å². The van der Waals surface area contributed by atoms with Crippen LogP contribution in [0.25, 0.3) is 33.2 Å². The highest BCUT2D eigenvalue weighted by atomic mass is 19.1. The molecule has 3 nitrogen and oxygen atoms in total. The predicted octanol–water partition coefficient (Wildman–Crippen LogP) is 7.79. The number of benzene rings is 3. The molecule has 1 aromatic heterocycles. The molecule has 0 unspecified atom stereocenters. The van der Waals surface area contributed by atoms with Crippen LogP contribution in [0.15, 0.2) is 75.9 Å². The van der Waals surface area contributed by atoms with Crippen LogP contribution < -0.4 is 10.4 Å². The van der Waals surface area contributed by atoms with Gasteiger partial charge in [0.1, 0.15) is 11.1 Å². The van der Waals surface area contributed by atoms with Crippen molar-refractivity contribution in [2.45, 2.75) is 46.0 Å². The highest BCUT2D eigenvalue weighted by Crippen LogP contribution is 2.29. The average Bonchev–Trinajstić information content (AvgIpc) is 2.84. The van der Waals surface area contributed by atoms with E-state index in [0.29, 0.717) is 17.8 Å². The molecule has 0 aliphatic heterocycles. The molecule has 0 aliphatic carbocycles. The molecule has 0 bridgehead atoms. The number of aryl methyl sites for hydroxylation is 1. The Morgan fingerprint density at radius 3 is 2.12 bits per heavy atom. The Balaban J connectivity index is 1.58. The molecular weight excluding hydrogens is 415 g/mol. The highest BCUT2D eigenvalue weighted by molar-refractivity contribution is 5.86. The molecule has 0 saturated carbocycles. The van der Waals surface area contributed by atoms with E-state index in [4.69, 9.17) is 9.15 Å². The molecule has 1 heterocycles. The van der Waals surface area contributed by atoms with E-state index < -0.39 is 11.4 Å². The molecule has 33 heavy (non-hydrogen) atoms. The topological polar surface area (TPSA) is 39.4 Å². The SMILES string of the molecule is CCCCOc1ccc2cc(-c3ccc(-c4ccc(CCCC)cc4)cc3)oc(=O)c2c1F. The summed E-state index contributed by atoms with van der Waals surface area (Å²) in [5.41, 5.74) is 3.64. The zero-order chi connectivity index (χ0) is 23.2. The first-order valence-corrected chi connectivity index (χ1v) is 11.7. The summed E-state index contributed by atoms with van der Waals surface area (Å²) >= 11 is 0. The van der Waals surface area contributed by atoms with Crippen LogP contribution in [0.4, 0.5) is 4.39 Å². The average molecular weight is 445 g/mol. The van der Waals surface area contributed by atoms with E-state index in [0.717, 1.165) is 36.0 Å². The number of ether oxygens (including phenoxy) is 1.